The molecule has 0 aliphatic heterocycles. The molecule has 0 spiro atoms. The van der Waals surface area contributed by atoms with Crippen molar-refractivity contribution < 1.29 is 4.39 Å². The van der Waals surface area contributed by atoms with Crippen LogP contribution in [0.4, 0.5) is 4.39 Å². The molecule has 1 aromatic rings. The highest BCUT2D eigenvalue weighted by Crippen LogP contribution is 2.27. The van der Waals surface area contributed by atoms with E-state index in [4.69, 9.17) is 11.6 Å². The maximum absolute atomic E-state index is 13.0. The summed E-state index contributed by atoms with van der Waals surface area (Å²) in [4.78, 5) is 0.441. The van der Waals surface area contributed by atoms with E-state index in [1.807, 2.05) is 6.07 Å². The summed E-state index contributed by atoms with van der Waals surface area (Å²) in [6.45, 7) is 6.55. The van der Waals surface area contributed by atoms with E-state index in [1.54, 1.807) is 6.07 Å². The quantitative estimate of drug-likeness (QED) is 0.681. The van der Waals surface area contributed by atoms with Crippen LogP contribution in [0.15, 0.2) is 18.2 Å². The van der Waals surface area contributed by atoms with Gasteiger partial charge < -0.3 is 0 Å². The van der Waals surface area contributed by atoms with Crippen LogP contribution in [-0.2, 0) is 6.42 Å². The van der Waals surface area contributed by atoms with Gasteiger partial charge in [-0.2, -0.15) is 0 Å². The van der Waals surface area contributed by atoms with Crippen LogP contribution in [0.25, 0.3) is 0 Å². The zero-order chi connectivity index (χ0) is 12.3. The molecule has 0 fully saturated rings. The second kappa shape index (κ2) is 6.02. The molecule has 16 heavy (non-hydrogen) atoms. The van der Waals surface area contributed by atoms with Crippen molar-refractivity contribution in [3.63, 3.8) is 0 Å². The molecule has 0 aliphatic carbocycles. The lowest BCUT2D eigenvalue weighted by Crippen LogP contribution is -2.20. The predicted molar refractivity (Wildman–Crippen MR) is 71.8 cm³/mol. The molecule has 2 unspecified atom stereocenters. The molecule has 90 valence electrons. The smallest absolute Gasteiger partial charge is 0.141 e. The van der Waals surface area contributed by atoms with Gasteiger partial charge in [0.05, 0.1) is 5.02 Å². The molecule has 0 radical (unpaired) electrons. The molecule has 0 saturated heterocycles. The third kappa shape index (κ3) is 3.74. The van der Waals surface area contributed by atoms with Crippen molar-refractivity contribution in [2.24, 2.45) is 11.8 Å². The summed E-state index contributed by atoms with van der Waals surface area (Å²) in [7, 11) is 0. The molecular formula is C13H17BrClF. The highest BCUT2D eigenvalue weighted by atomic mass is 79.9. The molecule has 1 rings (SSSR count). The van der Waals surface area contributed by atoms with Crippen LogP contribution in [0.2, 0.25) is 5.02 Å². The van der Waals surface area contributed by atoms with Crippen LogP contribution in [-0.4, -0.2) is 4.83 Å². The summed E-state index contributed by atoms with van der Waals surface area (Å²) < 4.78 is 13.0. The monoisotopic (exact) mass is 306 g/mol. The molecule has 1 aromatic carbocycles. The van der Waals surface area contributed by atoms with Crippen LogP contribution >= 0.6 is 27.5 Å². The van der Waals surface area contributed by atoms with Gasteiger partial charge >= 0.3 is 0 Å². The first kappa shape index (κ1) is 14.0. The molecule has 0 heterocycles. The van der Waals surface area contributed by atoms with Gasteiger partial charge in [-0.25, -0.2) is 4.39 Å². The topological polar surface area (TPSA) is 0 Å². The van der Waals surface area contributed by atoms with Crippen LogP contribution in [0, 0.1) is 17.7 Å². The number of alkyl halides is 1. The summed E-state index contributed by atoms with van der Waals surface area (Å²) >= 11 is 9.39. The Morgan fingerprint density at radius 3 is 2.38 bits per heavy atom. The van der Waals surface area contributed by atoms with Gasteiger partial charge in [-0.1, -0.05) is 54.4 Å². The lowest BCUT2D eigenvalue weighted by molar-refractivity contribution is 0.383. The number of benzene rings is 1. The van der Waals surface area contributed by atoms with Crippen LogP contribution in [0.5, 0.6) is 0 Å². The lowest BCUT2D eigenvalue weighted by atomic mass is 9.87. The van der Waals surface area contributed by atoms with E-state index in [2.05, 4.69) is 36.7 Å². The van der Waals surface area contributed by atoms with Crippen LogP contribution in [0.3, 0.4) is 0 Å². The first-order valence-corrected chi connectivity index (χ1v) is 6.79. The Hall–Kier alpha value is -0.0800. The minimum Gasteiger partial charge on any atom is -0.205 e. The number of halogens is 3. The van der Waals surface area contributed by atoms with Gasteiger partial charge in [0.25, 0.3) is 0 Å². The van der Waals surface area contributed by atoms with Crippen molar-refractivity contribution >= 4 is 27.5 Å². The molecular weight excluding hydrogens is 290 g/mol. The molecule has 0 nitrogen and oxygen atoms in total. The summed E-state index contributed by atoms with van der Waals surface area (Å²) in [5.74, 6) is 0.762. The second-order valence-electron chi connectivity index (χ2n) is 4.54. The molecule has 0 saturated carbocycles. The highest BCUT2D eigenvalue weighted by Gasteiger charge is 2.19. The standard InChI is InChI=1S/C13H17BrClF/c1-8(2)11(9(3)14)6-10-4-5-13(16)12(15)7-10/h4-5,7-9,11H,6H2,1-3H3. The number of hydrogen-bond acceptors (Lipinski definition) is 0. The Labute approximate surface area is 110 Å². The molecule has 0 amide bonds. The van der Waals surface area contributed by atoms with Crippen LogP contribution in [0.1, 0.15) is 26.3 Å². The van der Waals surface area contributed by atoms with Crippen LogP contribution < -0.4 is 0 Å². The van der Waals surface area contributed by atoms with E-state index in [1.165, 1.54) is 6.07 Å². The van der Waals surface area contributed by atoms with Crippen molar-refractivity contribution in [3.8, 4) is 0 Å². The van der Waals surface area contributed by atoms with Gasteiger partial charge in [0, 0.05) is 4.83 Å². The van der Waals surface area contributed by atoms with E-state index >= 15 is 0 Å². The van der Waals surface area contributed by atoms with Gasteiger partial charge in [0.15, 0.2) is 0 Å². The van der Waals surface area contributed by atoms with Gasteiger partial charge in [0.1, 0.15) is 5.82 Å². The molecule has 0 aliphatic rings. The van der Waals surface area contributed by atoms with Crippen molar-refractivity contribution in [2.45, 2.75) is 32.0 Å². The normalized spacial score (nSPS) is 15.2. The maximum atomic E-state index is 13.0. The van der Waals surface area contributed by atoms with E-state index < -0.39 is 0 Å². The van der Waals surface area contributed by atoms with Crippen molar-refractivity contribution in [2.75, 3.05) is 0 Å². The van der Waals surface area contributed by atoms with E-state index in [0.717, 1.165) is 12.0 Å². The number of hydrogen-bond donors (Lipinski definition) is 0. The molecule has 3 heteroatoms. The Kier molecular flexibility index (Phi) is 5.26. The third-order valence-electron chi connectivity index (χ3n) is 2.90. The van der Waals surface area contributed by atoms with Gasteiger partial charge in [-0.3, -0.25) is 0 Å². The average Bonchev–Trinajstić information content (AvgIpc) is 2.18. The van der Waals surface area contributed by atoms with Crippen molar-refractivity contribution in [1.82, 2.24) is 0 Å². The third-order valence-corrected chi connectivity index (χ3v) is 3.87. The SMILES string of the molecule is CC(C)C(Cc1ccc(F)c(Cl)c1)C(C)Br. The summed E-state index contributed by atoms with van der Waals surface area (Å²) in [6.07, 6.45) is 0.921. The molecule has 0 aromatic heterocycles. The molecule has 0 bridgehead atoms. The number of rotatable bonds is 4. The van der Waals surface area contributed by atoms with E-state index in [0.29, 0.717) is 16.7 Å². The zero-order valence-electron chi connectivity index (χ0n) is 9.81. The summed E-state index contributed by atoms with van der Waals surface area (Å²) in [6, 6.07) is 4.97. The highest BCUT2D eigenvalue weighted by molar-refractivity contribution is 9.09. The van der Waals surface area contributed by atoms with Gasteiger partial charge in [0.2, 0.25) is 0 Å². The largest absolute Gasteiger partial charge is 0.205 e. The fourth-order valence-corrected chi connectivity index (χ4v) is 2.87. The maximum Gasteiger partial charge on any atom is 0.141 e. The summed E-state index contributed by atoms with van der Waals surface area (Å²) in [5.41, 5.74) is 1.09. The van der Waals surface area contributed by atoms with E-state index in [-0.39, 0.29) is 10.8 Å². The second-order valence-corrected chi connectivity index (χ2v) is 6.39. The minimum absolute atomic E-state index is 0.210. The Bertz CT molecular complexity index is 342. The fourth-order valence-electron chi connectivity index (χ4n) is 1.87. The molecule has 2 atom stereocenters. The Morgan fingerprint density at radius 2 is 1.94 bits per heavy atom. The van der Waals surface area contributed by atoms with Gasteiger partial charge in [-0.05, 0) is 36.0 Å². The summed E-state index contributed by atoms with van der Waals surface area (Å²) in [5, 5.41) is 0.210. The minimum atomic E-state index is -0.349. The van der Waals surface area contributed by atoms with E-state index in [9.17, 15) is 4.39 Å². The van der Waals surface area contributed by atoms with Crippen molar-refractivity contribution in [3.05, 3.63) is 34.6 Å². The first-order valence-electron chi connectivity index (χ1n) is 5.49. The Morgan fingerprint density at radius 1 is 1.31 bits per heavy atom. The molecule has 0 N–H and O–H groups in total. The average molecular weight is 308 g/mol. The zero-order valence-corrected chi connectivity index (χ0v) is 12.1. The van der Waals surface area contributed by atoms with Crippen molar-refractivity contribution in [1.29, 1.82) is 0 Å². The fraction of sp³-hybridized carbons (Fsp3) is 0.538. The van der Waals surface area contributed by atoms with Gasteiger partial charge in [-0.15, -0.1) is 0 Å². The lowest BCUT2D eigenvalue weighted by Gasteiger charge is -2.23. The predicted octanol–water partition coefficient (Wildman–Crippen LogP) is 5.08. The Balaban J connectivity index is 2.81. The first-order chi connectivity index (χ1) is 7.41.